The van der Waals surface area contributed by atoms with Gasteiger partial charge in [0.2, 0.25) is 11.8 Å². The van der Waals surface area contributed by atoms with Crippen molar-refractivity contribution in [3.8, 4) is 0 Å². The van der Waals surface area contributed by atoms with Crippen molar-refractivity contribution in [2.24, 2.45) is 11.8 Å². The Bertz CT molecular complexity index is 801. The van der Waals surface area contributed by atoms with Crippen LogP contribution < -0.4 is 5.32 Å². The van der Waals surface area contributed by atoms with Crippen molar-refractivity contribution in [3.05, 3.63) is 29.8 Å². The predicted molar refractivity (Wildman–Crippen MR) is 98.7 cm³/mol. The number of amides is 3. The molecule has 3 saturated heterocycles. The summed E-state index contributed by atoms with van der Waals surface area (Å²) in [6.45, 7) is 2.92. The van der Waals surface area contributed by atoms with E-state index in [1.165, 1.54) is 19.2 Å². The maximum Gasteiger partial charge on any atom is 0.255 e. The summed E-state index contributed by atoms with van der Waals surface area (Å²) in [6, 6.07) is 1.20. The Morgan fingerprint density at radius 2 is 2.07 bits per heavy atom. The van der Waals surface area contributed by atoms with Crippen LogP contribution in [0.5, 0.6) is 0 Å². The van der Waals surface area contributed by atoms with Gasteiger partial charge in [0.15, 0.2) is 0 Å². The van der Waals surface area contributed by atoms with E-state index in [0.717, 1.165) is 25.5 Å². The summed E-state index contributed by atoms with van der Waals surface area (Å²) < 4.78 is 13.5. The molecule has 3 amide bonds. The Hall–Kier alpha value is -2.51. The quantitative estimate of drug-likeness (QED) is 0.844. The fourth-order valence-electron chi connectivity index (χ4n) is 5.16. The fourth-order valence-corrected chi connectivity index (χ4v) is 5.16. The molecule has 4 rings (SSSR count). The molecule has 8 heteroatoms. The zero-order valence-corrected chi connectivity index (χ0v) is 15.9. The lowest BCUT2D eigenvalue weighted by molar-refractivity contribution is -0.151. The van der Waals surface area contributed by atoms with Gasteiger partial charge in [-0.3, -0.25) is 19.4 Å². The van der Waals surface area contributed by atoms with Gasteiger partial charge in [0, 0.05) is 45.2 Å². The van der Waals surface area contributed by atoms with Gasteiger partial charge in [-0.2, -0.15) is 0 Å². The number of pyridine rings is 1. The first-order valence-electron chi connectivity index (χ1n) is 9.89. The number of carbonyl (C=O) groups excluding carboxylic acids is 3. The molecule has 2 bridgehead atoms. The topological polar surface area (TPSA) is 82.6 Å². The third-order valence-electron chi connectivity index (χ3n) is 6.30. The molecule has 0 saturated carbocycles. The molecular formula is C20H25FN4O3. The first-order chi connectivity index (χ1) is 13.4. The Morgan fingerprint density at radius 3 is 2.82 bits per heavy atom. The second-order valence-corrected chi connectivity index (χ2v) is 8.12. The highest BCUT2D eigenvalue weighted by Gasteiger charge is 2.50. The summed E-state index contributed by atoms with van der Waals surface area (Å²) in [5.41, 5.74) is 0.245. The number of likely N-dealkylation sites (tertiary alicyclic amines) is 1. The van der Waals surface area contributed by atoms with Crippen molar-refractivity contribution in [2.45, 2.75) is 44.7 Å². The molecule has 0 radical (unpaired) electrons. The number of hydrogen-bond acceptors (Lipinski definition) is 4. The minimum Gasteiger partial charge on any atom is -0.354 e. The molecule has 3 aliphatic heterocycles. The second-order valence-electron chi connectivity index (χ2n) is 8.12. The summed E-state index contributed by atoms with van der Waals surface area (Å²) in [6.07, 6.45) is 5.73. The third kappa shape index (κ3) is 3.47. The van der Waals surface area contributed by atoms with E-state index in [-0.39, 0.29) is 47.2 Å². The SMILES string of the molecule is CC(=O)NC[C@H]1[C@H]2C[C@H](CN(C(=O)c3cncc(F)c3)C2)[C@@H]2CCCC(=O)N21. The van der Waals surface area contributed by atoms with E-state index in [1.54, 1.807) is 4.90 Å². The van der Waals surface area contributed by atoms with Gasteiger partial charge < -0.3 is 15.1 Å². The van der Waals surface area contributed by atoms with Gasteiger partial charge in [-0.25, -0.2) is 4.39 Å². The van der Waals surface area contributed by atoms with E-state index in [4.69, 9.17) is 0 Å². The highest BCUT2D eigenvalue weighted by atomic mass is 19.1. The normalized spacial score (nSPS) is 29.3. The van der Waals surface area contributed by atoms with E-state index >= 15 is 0 Å². The number of hydrogen-bond donors (Lipinski definition) is 1. The zero-order chi connectivity index (χ0) is 19.8. The van der Waals surface area contributed by atoms with E-state index in [1.807, 2.05) is 4.90 Å². The number of rotatable bonds is 3. The lowest BCUT2D eigenvalue weighted by Crippen LogP contribution is -2.67. The molecule has 0 aliphatic carbocycles. The van der Waals surface area contributed by atoms with E-state index in [2.05, 4.69) is 10.3 Å². The van der Waals surface area contributed by atoms with E-state index < -0.39 is 5.82 Å². The highest BCUT2D eigenvalue weighted by molar-refractivity contribution is 5.94. The van der Waals surface area contributed by atoms with Gasteiger partial charge in [-0.15, -0.1) is 0 Å². The number of fused-ring (bicyclic) bond motifs is 4. The molecule has 3 fully saturated rings. The Balaban J connectivity index is 1.59. The lowest BCUT2D eigenvalue weighted by atomic mass is 9.72. The van der Waals surface area contributed by atoms with Crippen LogP contribution in [0.15, 0.2) is 18.5 Å². The standard InChI is InChI=1S/C20H25FN4O3/c1-12(26)23-9-18-15-5-14(17-3-2-4-19(27)25(17)18)10-24(11-15)20(28)13-6-16(21)8-22-7-13/h6-8,14-15,17-18H,2-5,9-11H2,1H3,(H,23,26)/t14-,15+,17+,18+/m1/s1. The number of carbonyl (C=O) groups is 3. The van der Waals surface area contributed by atoms with Gasteiger partial charge in [-0.05, 0) is 37.2 Å². The summed E-state index contributed by atoms with van der Waals surface area (Å²) in [7, 11) is 0. The monoisotopic (exact) mass is 388 g/mol. The van der Waals surface area contributed by atoms with Crippen molar-refractivity contribution in [1.82, 2.24) is 20.1 Å². The van der Waals surface area contributed by atoms with Gasteiger partial charge in [0.05, 0.1) is 17.8 Å². The van der Waals surface area contributed by atoms with E-state index in [0.29, 0.717) is 26.1 Å². The molecule has 1 aromatic heterocycles. The third-order valence-corrected chi connectivity index (χ3v) is 6.30. The smallest absolute Gasteiger partial charge is 0.255 e. The molecule has 0 spiro atoms. The van der Waals surface area contributed by atoms with Crippen LogP contribution in [0.3, 0.4) is 0 Å². The van der Waals surface area contributed by atoms with Crippen molar-refractivity contribution in [2.75, 3.05) is 19.6 Å². The van der Waals surface area contributed by atoms with Crippen LogP contribution in [0, 0.1) is 17.7 Å². The molecule has 4 atom stereocenters. The number of halogens is 1. The molecule has 0 aromatic carbocycles. The molecular weight excluding hydrogens is 363 g/mol. The summed E-state index contributed by atoms with van der Waals surface area (Å²) >= 11 is 0. The molecule has 150 valence electrons. The molecule has 28 heavy (non-hydrogen) atoms. The molecule has 4 heterocycles. The largest absolute Gasteiger partial charge is 0.354 e. The molecule has 0 unspecified atom stereocenters. The van der Waals surface area contributed by atoms with E-state index in [9.17, 15) is 18.8 Å². The molecule has 1 N–H and O–H groups in total. The first kappa shape index (κ1) is 18.8. The molecule has 7 nitrogen and oxygen atoms in total. The number of nitrogens with zero attached hydrogens (tertiary/aromatic N) is 3. The summed E-state index contributed by atoms with van der Waals surface area (Å²) in [4.78, 5) is 44.6. The average Bonchev–Trinajstić information content (AvgIpc) is 2.67. The van der Waals surface area contributed by atoms with Crippen molar-refractivity contribution < 1.29 is 18.8 Å². The molecule has 1 aromatic rings. The zero-order valence-electron chi connectivity index (χ0n) is 15.9. The van der Waals surface area contributed by atoms with Crippen LogP contribution >= 0.6 is 0 Å². The van der Waals surface area contributed by atoms with Gasteiger partial charge in [0.25, 0.3) is 5.91 Å². The van der Waals surface area contributed by atoms with Gasteiger partial charge in [-0.1, -0.05) is 0 Å². The Labute approximate surface area is 163 Å². The number of piperidine rings is 3. The number of nitrogens with one attached hydrogen (secondary N) is 1. The summed E-state index contributed by atoms with van der Waals surface area (Å²) in [5, 5.41) is 2.86. The van der Waals surface area contributed by atoms with Crippen LogP contribution in [0.4, 0.5) is 4.39 Å². The van der Waals surface area contributed by atoms with Crippen molar-refractivity contribution in [3.63, 3.8) is 0 Å². The Morgan fingerprint density at radius 1 is 1.29 bits per heavy atom. The van der Waals surface area contributed by atoms with Crippen molar-refractivity contribution >= 4 is 17.7 Å². The minimum atomic E-state index is -0.532. The van der Waals surface area contributed by atoms with Crippen LogP contribution in [0.25, 0.3) is 0 Å². The minimum absolute atomic E-state index is 0.0920. The predicted octanol–water partition coefficient (Wildman–Crippen LogP) is 1.20. The maximum absolute atomic E-state index is 13.5. The fraction of sp³-hybridized carbons (Fsp3) is 0.600. The lowest BCUT2D eigenvalue weighted by Gasteiger charge is -2.56. The number of aromatic nitrogens is 1. The van der Waals surface area contributed by atoms with Crippen molar-refractivity contribution in [1.29, 1.82) is 0 Å². The highest BCUT2D eigenvalue weighted by Crippen LogP contribution is 2.41. The second kappa shape index (κ2) is 7.48. The van der Waals surface area contributed by atoms with Crippen LogP contribution in [-0.4, -0.2) is 64.2 Å². The summed E-state index contributed by atoms with van der Waals surface area (Å²) in [5.74, 6) is -0.435. The van der Waals surface area contributed by atoms with Crippen LogP contribution in [0.1, 0.15) is 43.0 Å². The first-order valence-corrected chi connectivity index (χ1v) is 9.89. The van der Waals surface area contributed by atoms with Gasteiger partial charge >= 0.3 is 0 Å². The molecule has 3 aliphatic rings. The van der Waals surface area contributed by atoms with Crippen LogP contribution in [0.2, 0.25) is 0 Å². The van der Waals surface area contributed by atoms with Crippen LogP contribution in [-0.2, 0) is 9.59 Å². The average molecular weight is 388 g/mol. The Kier molecular flexibility index (Phi) is 5.03. The maximum atomic E-state index is 13.5. The van der Waals surface area contributed by atoms with Gasteiger partial charge in [0.1, 0.15) is 5.82 Å².